The van der Waals surface area contributed by atoms with Crippen LogP contribution in [0, 0.1) is 0 Å². The molecule has 0 unspecified atom stereocenters. The number of fused-ring (bicyclic) bond motifs is 1. The lowest BCUT2D eigenvalue weighted by atomic mass is 10.2. The van der Waals surface area contributed by atoms with Crippen LogP contribution in [0.2, 0.25) is 0 Å². The minimum absolute atomic E-state index is 0.147. The van der Waals surface area contributed by atoms with E-state index in [1.807, 2.05) is 19.9 Å². The Kier molecular flexibility index (Phi) is 4.95. The quantitative estimate of drug-likeness (QED) is 0.627. The Morgan fingerprint density at radius 3 is 2.82 bits per heavy atom. The van der Waals surface area contributed by atoms with E-state index in [2.05, 4.69) is 20.6 Å². The summed E-state index contributed by atoms with van der Waals surface area (Å²) in [5.41, 5.74) is 0.724. The number of ether oxygens (including phenoxy) is 2. The van der Waals surface area contributed by atoms with Crippen LogP contribution in [0.25, 0.3) is 11.5 Å². The highest BCUT2D eigenvalue weighted by atomic mass is 32.2. The molecule has 0 saturated heterocycles. The molecule has 0 fully saturated rings. The Bertz CT molecular complexity index is 1000. The molecule has 2 aromatic heterocycles. The lowest BCUT2D eigenvalue weighted by molar-refractivity contribution is -0.115. The molecule has 3 heterocycles. The largest absolute Gasteiger partial charge is 0.454 e. The molecule has 1 aliphatic heterocycles. The van der Waals surface area contributed by atoms with E-state index in [1.54, 1.807) is 36.0 Å². The topological polar surface area (TPSA) is 104 Å². The van der Waals surface area contributed by atoms with Crippen LogP contribution in [0.1, 0.15) is 26.8 Å². The van der Waals surface area contributed by atoms with Crippen LogP contribution in [0.3, 0.4) is 0 Å². The zero-order valence-electron chi connectivity index (χ0n) is 15.6. The summed E-state index contributed by atoms with van der Waals surface area (Å²) < 4.78 is 18.1. The molecule has 3 aromatic rings. The van der Waals surface area contributed by atoms with Crippen molar-refractivity contribution in [1.82, 2.24) is 20.0 Å². The predicted octanol–water partition coefficient (Wildman–Crippen LogP) is 3.36. The van der Waals surface area contributed by atoms with Gasteiger partial charge in [-0.25, -0.2) is 4.68 Å². The highest BCUT2D eigenvalue weighted by molar-refractivity contribution is 8.00. The number of anilines is 1. The van der Waals surface area contributed by atoms with E-state index in [1.165, 1.54) is 11.8 Å². The first-order valence-electron chi connectivity index (χ1n) is 8.76. The first-order chi connectivity index (χ1) is 13.5. The molecule has 0 spiro atoms. The number of thioether (sulfide) groups is 1. The summed E-state index contributed by atoms with van der Waals surface area (Å²) in [6.07, 6.45) is 1.66. The number of nitrogens with zero attached hydrogens (tertiary/aromatic N) is 4. The first kappa shape index (κ1) is 18.4. The van der Waals surface area contributed by atoms with Gasteiger partial charge in [0.25, 0.3) is 5.22 Å². The van der Waals surface area contributed by atoms with Gasteiger partial charge in [-0.05, 0) is 39.0 Å². The third-order valence-electron chi connectivity index (χ3n) is 4.08. The standard InChI is InChI=1S/C18H19N5O4S/c1-10(2)23-15(6-7-19-23)20-16(24)11(3)28-18-22-21-17(27-18)12-4-5-13-14(8-12)26-9-25-13/h4-8,10-11H,9H2,1-3H3,(H,20,24)/t11-/m0/s1. The maximum atomic E-state index is 12.5. The minimum atomic E-state index is -0.430. The highest BCUT2D eigenvalue weighted by Crippen LogP contribution is 2.36. The summed E-state index contributed by atoms with van der Waals surface area (Å²) in [5, 5.41) is 15.1. The van der Waals surface area contributed by atoms with Crippen LogP contribution in [-0.4, -0.2) is 37.9 Å². The van der Waals surface area contributed by atoms with E-state index in [9.17, 15) is 4.79 Å². The summed E-state index contributed by atoms with van der Waals surface area (Å²) >= 11 is 1.19. The summed E-state index contributed by atoms with van der Waals surface area (Å²) in [5.74, 6) is 2.16. The van der Waals surface area contributed by atoms with Crippen LogP contribution >= 0.6 is 11.8 Å². The van der Waals surface area contributed by atoms with E-state index in [0.29, 0.717) is 28.4 Å². The van der Waals surface area contributed by atoms with E-state index in [-0.39, 0.29) is 18.7 Å². The summed E-state index contributed by atoms with van der Waals surface area (Å²) in [7, 11) is 0. The fraction of sp³-hybridized carbons (Fsp3) is 0.333. The molecule has 0 bridgehead atoms. The zero-order valence-corrected chi connectivity index (χ0v) is 16.4. The van der Waals surface area contributed by atoms with Gasteiger partial charge in [-0.1, -0.05) is 11.8 Å². The van der Waals surface area contributed by atoms with Crippen LogP contribution in [-0.2, 0) is 4.79 Å². The molecular formula is C18H19N5O4S. The maximum Gasteiger partial charge on any atom is 0.277 e. The number of nitrogens with one attached hydrogen (secondary N) is 1. The molecule has 28 heavy (non-hydrogen) atoms. The van der Waals surface area contributed by atoms with Crippen LogP contribution in [0.5, 0.6) is 11.5 Å². The minimum Gasteiger partial charge on any atom is -0.454 e. The van der Waals surface area contributed by atoms with Crippen molar-refractivity contribution < 1.29 is 18.7 Å². The van der Waals surface area contributed by atoms with Crippen LogP contribution < -0.4 is 14.8 Å². The van der Waals surface area contributed by atoms with Gasteiger partial charge in [0, 0.05) is 17.7 Å². The fourth-order valence-electron chi connectivity index (χ4n) is 2.66. The Hall–Kier alpha value is -3.01. The van der Waals surface area contributed by atoms with E-state index in [0.717, 1.165) is 5.56 Å². The number of benzene rings is 1. The SMILES string of the molecule is CC(C)n1nccc1NC(=O)[C@H](C)Sc1nnc(-c2ccc3c(c2)OCO3)o1. The van der Waals surface area contributed by atoms with Gasteiger partial charge in [-0.2, -0.15) is 5.10 Å². The van der Waals surface area contributed by atoms with Gasteiger partial charge in [0.2, 0.25) is 18.6 Å². The second-order valence-corrected chi connectivity index (χ2v) is 7.74. The molecule has 0 radical (unpaired) electrons. The number of hydrogen-bond donors (Lipinski definition) is 1. The average Bonchev–Trinajstić information content (AvgIpc) is 3.41. The van der Waals surface area contributed by atoms with Gasteiger partial charge < -0.3 is 19.2 Å². The Morgan fingerprint density at radius 1 is 1.18 bits per heavy atom. The van der Waals surface area contributed by atoms with Crippen molar-refractivity contribution in [2.45, 2.75) is 37.3 Å². The van der Waals surface area contributed by atoms with E-state index < -0.39 is 5.25 Å². The Labute approximate surface area is 165 Å². The molecule has 146 valence electrons. The van der Waals surface area contributed by atoms with Crippen molar-refractivity contribution >= 4 is 23.5 Å². The van der Waals surface area contributed by atoms with E-state index >= 15 is 0 Å². The first-order valence-corrected chi connectivity index (χ1v) is 9.64. The number of aromatic nitrogens is 4. The number of carbonyl (C=O) groups is 1. The molecule has 4 rings (SSSR count). The van der Waals surface area contributed by atoms with Crippen molar-refractivity contribution in [1.29, 1.82) is 0 Å². The summed E-state index contributed by atoms with van der Waals surface area (Å²) in [4.78, 5) is 12.5. The second kappa shape index (κ2) is 7.55. The predicted molar refractivity (Wildman–Crippen MR) is 102 cm³/mol. The molecule has 10 heteroatoms. The molecule has 0 aliphatic carbocycles. The molecular weight excluding hydrogens is 382 g/mol. The molecule has 1 amide bonds. The number of hydrogen-bond acceptors (Lipinski definition) is 8. The second-order valence-electron chi connectivity index (χ2n) is 6.45. The molecule has 1 aromatic carbocycles. The van der Waals surface area contributed by atoms with Crippen LogP contribution in [0.4, 0.5) is 5.82 Å². The van der Waals surface area contributed by atoms with Gasteiger partial charge in [0.05, 0.1) is 11.4 Å². The van der Waals surface area contributed by atoms with Crippen molar-refractivity contribution in [3.63, 3.8) is 0 Å². The smallest absolute Gasteiger partial charge is 0.277 e. The molecule has 1 aliphatic rings. The summed E-state index contributed by atoms with van der Waals surface area (Å²) in [6.45, 7) is 5.97. The zero-order chi connectivity index (χ0) is 19.7. The average molecular weight is 401 g/mol. The van der Waals surface area contributed by atoms with Gasteiger partial charge in [0.1, 0.15) is 5.82 Å². The lowest BCUT2D eigenvalue weighted by Crippen LogP contribution is -2.24. The third kappa shape index (κ3) is 3.68. The molecule has 1 atom stereocenters. The highest BCUT2D eigenvalue weighted by Gasteiger charge is 2.21. The van der Waals surface area contributed by atoms with Crippen molar-refractivity contribution in [2.24, 2.45) is 0 Å². The van der Waals surface area contributed by atoms with E-state index in [4.69, 9.17) is 13.9 Å². The number of rotatable bonds is 6. The van der Waals surface area contributed by atoms with Gasteiger partial charge in [-0.3, -0.25) is 4.79 Å². The normalized spacial score (nSPS) is 13.7. The molecule has 9 nitrogen and oxygen atoms in total. The third-order valence-corrected chi connectivity index (χ3v) is 5.02. The van der Waals surface area contributed by atoms with Crippen LogP contribution in [0.15, 0.2) is 40.1 Å². The molecule has 1 N–H and O–H groups in total. The van der Waals surface area contributed by atoms with Gasteiger partial charge in [-0.15, -0.1) is 10.2 Å². The summed E-state index contributed by atoms with van der Waals surface area (Å²) in [6, 6.07) is 7.31. The fourth-order valence-corrected chi connectivity index (χ4v) is 3.34. The number of carbonyl (C=O) groups excluding carboxylic acids is 1. The Morgan fingerprint density at radius 2 is 2.00 bits per heavy atom. The monoisotopic (exact) mass is 401 g/mol. The van der Waals surface area contributed by atoms with Gasteiger partial charge in [0.15, 0.2) is 11.5 Å². The lowest BCUT2D eigenvalue weighted by Gasteiger charge is -2.13. The Balaban J connectivity index is 1.42. The van der Waals surface area contributed by atoms with Crippen molar-refractivity contribution in [3.05, 3.63) is 30.5 Å². The molecule has 0 saturated carbocycles. The number of amides is 1. The maximum absolute atomic E-state index is 12.5. The van der Waals surface area contributed by atoms with Gasteiger partial charge >= 0.3 is 0 Å². The van der Waals surface area contributed by atoms with Crippen molar-refractivity contribution in [3.8, 4) is 23.0 Å². The van der Waals surface area contributed by atoms with Crippen molar-refractivity contribution in [2.75, 3.05) is 12.1 Å².